The topological polar surface area (TPSA) is 12.0 Å². The number of allylic oxidation sites excluding steroid dienone is 7. The molecule has 38 heavy (non-hydrogen) atoms. The van der Waals surface area contributed by atoms with Crippen LogP contribution < -0.4 is 5.32 Å². The molecule has 0 aromatic heterocycles. The maximum atomic E-state index is 14.4. The lowest BCUT2D eigenvalue weighted by molar-refractivity contribution is -0.0477. The Hall–Kier alpha value is -1.64. The monoisotopic (exact) mass is 525 g/mol. The standard InChI is InChI=1S/C35H53F2N/c1-12-32(8,9)29-14-13-25-26-15-16-35(38-24(5)34(11,36)37)18-17-31(6,7)21-28(35)30(26)23(4)19-27(25)33(29,10)20-22(2)3/h12,19-20,25-26,28-30,38H,1,4-5,13-18,21H2,2-3,6-11H3. The zero-order valence-corrected chi connectivity index (χ0v) is 25.4. The number of alkyl halides is 2. The summed E-state index contributed by atoms with van der Waals surface area (Å²) < 4.78 is 28.7. The molecule has 4 aliphatic rings. The summed E-state index contributed by atoms with van der Waals surface area (Å²) in [6, 6.07) is 0. The molecule has 7 unspecified atom stereocenters. The summed E-state index contributed by atoms with van der Waals surface area (Å²) in [5.74, 6) is -0.815. The third-order valence-electron chi connectivity index (χ3n) is 11.3. The van der Waals surface area contributed by atoms with E-state index >= 15 is 0 Å². The second-order valence-electron chi connectivity index (χ2n) is 15.3. The van der Waals surface area contributed by atoms with Gasteiger partial charge in [-0.2, -0.15) is 0 Å². The normalized spacial score (nSPS) is 38.6. The van der Waals surface area contributed by atoms with Gasteiger partial charge in [0.25, 0.3) is 5.92 Å². The van der Waals surface area contributed by atoms with Crippen LogP contribution in [0.3, 0.4) is 0 Å². The first-order valence-electron chi connectivity index (χ1n) is 14.9. The van der Waals surface area contributed by atoms with Crippen molar-refractivity contribution in [3.63, 3.8) is 0 Å². The van der Waals surface area contributed by atoms with Crippen LogP contribution in [0.15, 0.2) is 60.4 Å². The molecule has 0 heterocycles. The molecule has 0 saturated heterocycles. The van der Waals surface area contributed by atoms with Crippen molar-refractivity contribution in [3.8, 4) is 0 Å². The van der Waals surface area contributed by atoms with Gasteiger partial charge in [0.2, 0.25) is 0 Å². The van der Waals surface area contributed by atoms with Gasteiger partial charge in [0, 0.05) is 17.9 Å². The van der Waals surface area contributed by atoms with Gasteiger partial charge in [-0.1, -0.05) is 82.7 Å². The molecular weight excluding hydrogens is 472 g/mol. The van der Waals surface area contributed by atoms with E-state index in [2.05, 4.69) is 85.2 Å². The van der Waals surface area contributed by atoms with Crippen LogP contribution in [0, 0.1) is 45.8 Å². The number of hydrogen-bond donors (Lipinski definition) is 1. The zero-order chi connectivity index (χ0) is 28.5. The Morgan fingerprint density at radius 2 is 1.71 bits per heavy atom. The Morgan fingerprint density at radius 3 is 2.29 bits per heavy atom. The highest BCUT2D eigenvalue weighted by atomic mass is 19.3. The minimum Gasteiger partial charge on any atom is -0.378 e. The molecule has 7 atom stereocenters. The Kier molecular flexibility index (Phi) is 7.32. The SMILES string of the molecule is C=CC(C)(C)C1CCC2C(=CC(=C)C3C2CCC2(NC(=C)C(C)(F)F)CCC(C)(C)CC32)C1(C)C=C(C)C. The van der Waals surface area contributed by atoms with Crippen molar-refractivity contribution < 1.29 is 8.78 Å². The molecule has 212 valence electrons. The molecule has 0 aromatic carbocycles. The van der Waals surface area contributed by atoms with Gasteiger partial charge in [-0.05, 0) is 99.2 Å². The Bertz CT molecular complexity index is 1050. The molecular formula is C35H53F2N. The van der Waals surface area contributed by atoms with Crippen molar-refractivity contribution in [2.45, 2.75) is 112 Å². The van der Waals surface area contributed by atoms with Crippen LogP contribution in [0.1, 0.15) is 100 Å². The summed E-state index contributed by atoms with van der Waals surface area (Å²) in [5.41, 5.74) is 3.84. The molecule has 0 aromatic rings. The van der Waals surface area contributed by atoms with Gasteiger partial charge < -0.3 is 5.32 Å². The number of fused-ring (bicyclic) bond motifs is 5. The first-order valence-corrected chi connectivity index (χ1v) is 14.9. The smallest absolute Gasteiger partial charge is 0.283 e. The molecule has 0 radical (unpaired) electrons. The van der Waals surface area contributed by atoms with Crippen molar-refractivity contribution in [2.75, 3.05) is 0 Å². The van der Waals surface area contributed by atoms with E-state index in [4.69, 9.17) is 6.58 Å². The Balaban J connectivity index is 1.79. The minimum atomic E-state index is -2.93. The highest BCUT2D eigenvalue weighted by Gasteiger charge is 2.59. The fourth-order valence-corrected chi connectivity index (χ4v) is 9.41. The van der Waals surface area contributed by atoms with Gasteiger partial charge in [-0.3, -0.25) is 0 Å². The molecule has 3 heteroatoms. The lowest BCUT2D eigenvalue weighted by atomic mass is 9.44. The summed E-state index contributed by atoms with van der Waals surface area (Å²) in [6.45, 7) is 30.0. The van der Waals surface area contributed by atoms with E-state index in [9.17, 15) is 8.78 Å². The van der Waals surface area contributed by atoms with Gasteiger partial charge in [0.15, 0.2) is 0 Å². The van der Waals surface area contributed by atoms with Crippen LogP contribution in [0.5, 0.6) is 0 Å². The Morgan fingerprint density at radius 1 is 1.05 bits per heavy atom. The summed E-state index contributed by atoms with van der Waals surface area (Å²) in [6.07, 6.45) is 14.5. The molecule has 0 amide bonds. The highest BCUT2D eigenvalue weighted by Crippen LogP contribution is 2.65. The molecule has 0 aliphatic heterocycles. The van der Waals surface area contributed by atoms with E-state index in [1.165, 1.54) is 24.0 Å². The van der Waals surface area contributed by atoms with Crippen LogP contribution in [-0.2, 0) is 0 Å². The van der Waals surface area contributed by atoms with E-state index in [0.717, 1.165) is 39.0 Å². The van der Waals surface area contributed by atoms with Crippen molar-refractivity contribution in [3.05, 3.63) is 60.4 Å². The zero-order valence-electron chi connectivity index (χ0n) is 25.4. The molecule has 0 spiro atoms. The average Bonchev–Trinajstić information content (AvgIpc) is 2.78. The van der Waals surface area contributed by atoms with Crippen LogP contribution in [0.2, 0.25) is 0 Å². The van der Waals surface area contributed by atoms with E-state index in [1.54, 1.807) is 5.57 Å². The van der Waals surface area contributed by atoms with Crippen LogP contribution >= 0.6 is 0 Å². The number of rotatable bonds is 6. The summed E-state index contributed by atoms with van der Waals surface area (Å²) in [7, 11) is 0. The van der Waals surface area contributed by atoms with Crippen LogP contribution in [0.25, 0.3) is 0 Å². The lowest BCUT2D eigenvalue weighted by Crippen LogP contribution is -2.63. The number of hydrogen-bond acceptors (Lipinski definition) is 1. The first kappa shape index (κ1) is 29.3. The predicted molar refractivity (Wildman–Crippen MR) is 158 cm³/mol. The molecule has 3 fully saturated rings. The second-order valence-corrected chi connectivity index (χ2v) is 15.3. The van der Waals surface area contributed by atoms with Gasteiger partial charge in [0.05, 0.1) is 5.70 Å². The van der Waals surface area contributed by atoms with E-state index in [1.807, 2.05) is 0 Å². The Labute approximate surface area is 232 Å². The predicted octanol–water partition coefficient (Wildman–Crippen LogP) is 10.0. The maximum Gasteiger partial charge on any atom is 0.283 e. The summed E-state index contributed by atoms with van der Waals surface area (Å²) in [5, 5.41) is 3.39. The average molecular weight is 526 g/mol. The minimum absolute atomic E-state index is 0.0233. The van der Waals surface area contributed by atoms with Crippen molar-refractivity contribution in [2.24, 2.45) is 45.8 Å². The molecule has 1 N–H and O–H groups in total. The summed E-state index contributed by atoms with van der Waals surface area (Å²) >= 11 is 0. The second kappa shape index (κ2) is 9.48. The molecule has 4 rings (SSSR count). The van der Waals surface area contributed by atoms with Crippen molar-refractivity contribution in [1.29, 1.82) is 0 Å². The van der Waals surface area contributed by atoms with Gasteiger partial charge in [-0.15, -0.1) is 6.58 Å². The van der Waals surface area contributed by atoms with E-state index in [0.29, 0.717) is 23.7 Å². The quantitative estimate of drug-likeness (QED) is 0.340. The van der Waals surface area contributed by atoms with E-state index in [-0.39, 0.29) is 33.4 Å². The maximum absolute atomic E-state index is 14.4. The molecule has 1 nitrogen and oxygen atoms in total. The number of nitrogens with one attached hydrogen (secondary N) is 1. The number of halogens is 2. The molecule has 4 aliphatic carbocycles. The third-order valence-corrected chi connectivity index (χ3v) is 11.3. The van der Waals surface area contributed by atoms with E-state index < -0.39 is 5.92 Å². The van der Waals surface area contributed by atoms with Gasteiger partial charge >= 0.3 is 0 Å². The highest BCUT2D eigenvalue weighted by molar-refractivity contribution is 5.42. The third kappa shape index (κ3) is 4.90. The van der Waals surface area contributed by atoms with Gasteiger partial charge in [0.1, 0.15) is 0 Å². The van der Waals surface area contributed by atoms with Crippen molar-refractivity contribution >= 4 is 0 Å². The first-order chi connectivity index (χ1) is 17.4. The fraction of sp³-hybridized carbons (Fsp3) is 0.714. The lowest BCUT2D eigenvalue weighted by Gasteiger charge is -2.63. The largest absolute Gasteiger partial charge is 0.378 e. The fourth-order valence-electron chi connectivity index (χ4n) is 9.41. The molecule has 0 bridgehead atoms. The van der Waals surface area contributed by atoms with Crippen LogP contribution in [0.4, 0.5) is 8.78 Å². The molecule has 3 saturated carbocycles. The van der Waals surface area contributed by atoms with Gasteiger partial charge in [-0.25, -0.2) is 8.78 Å². The van der Waals surface area contributed by atoms with Crippen LogP contribution in [-0.4, -0.2) is 11.5 Å². The van der Waals surface area contributed by atoms with Crippen molar-refractivity contribution in [1.82, 2.24) is 5.32 Å². The summed E-state index contributed by atoms with van der Waals surface area (Å²) in [4.78, 5) is 0.